The van der Waals surface area contributed by atoms with Crippen molar-refractivity contribution in [2.45, 2.75) is 19.4 Å². The van der Waals surface area contributed by atoms with Crippen LogP contribution in [0, 0.1) is 0 Å². The van der Waals surface area contributed by atoms with Crippen LogP contribution in [-0.2, 0) is 17.8 Å². The average Bonchev–Trinajstić information content (AvgIpc) is 2.91. The summed E-state index contributed by atoms with van der Waals surface area (Å²) in [6.45, 7) is 0.544. The normalized spacial score (nSPS) is 10.3. The molecule has 2 heterocycles. The van der Waals surface area contributed by atoms with Gasteiger partial charge in [0.15, 0.2) is 0 Å². The lowest BCUT2D eigenvalue weighted by atomic mass is 10.3. The van der Waals surface area contributed by atoms with Crippen LogP contribution in [0.1, 0.15) is 12.2 Å². The minimum absolute atomic E-state index is 0.00652. The third-order valence-corrected chi connectivity index (χ3v) is 2.56. The predicted molar refractivity (Wildman–Crippen MR) is 68.4 cm³/mol. The van der Waals surface area contributed by atoms with Gasteiger partial charge in [0.2, 0.25) is 5.91 Å². The van der Waals surface area contributed by atoms with Crippen LogP contribution in [-0.4, -0.2) is 32.0 Å². The number of aromatic nitrogens is 4. The molecule has 7 heteroatoms. The van der Waals surface area contributed by atoms with Crippen LogP contribution >= 0.6 is 0 Å². The van der Waals surface area contributed by atoms with Crippen molar-refractivity contribution in [3.63, 3.8) is 0 Å². The molecule has 0 radical (unpaired) electrons. The van der Waals surface area contributed by atoms with Gasteiger partial charge in [-0.25, -0.2) is 14.8 Å². The molecular formula is C12H15N5O2. The molecule has 2 aromatic rings. The molecular weight excluding hydrogens is 246 g/mol. The van der Waals surface area contributed by atoms with Crippen LogP contribution in [0.5, 0.6) is 0 Å². The van der Waals surface area contributed by atoms with Gasteiger partial charge in [-0.2, -0.15) is 0 Å². The standard InChI is InChI=1S/C12H15N5O2/c18-11(9-17-8-2-5-16-12(17)19)15-4-1-3-10-13-6-7-14-10/h2,5-8H,1,3-4,9H2,(H,13,14)(H,15,18). The summed E-state index contributed by atoms with van der Waals surface area (Å²) in [6.07, 6.45) is 7.98. The summed E-state index contributed by atoms with van der Waals surface area (Å²) in [5, 5.41) is 2.75. The molecule has 0 aliphatic heterocycles. The molecule has 0 aliphatic carbocycles. The summed E-state index contributed by atoms with van der Waals surface area (Å²) in [6, 6.07) is 1.62. The summed E-state index contributed by atoms with van der Waals surface area (Å²) in [4.78, 5) is 33.6. The molecule has 0 spiro atoms. The number of carbonyl (C=O) groups excluding carboxylic acids is 1. The highest BCUT2D eigenvalue weighted by Gasteiger charge is 2.03. The van der Waals surface area contributed by atoms with E-state index in [2.05, 4.69) is 20.3 Å². The number of H-pyrrole nitrogens is 1. The molecule has 0 aromatic carbocycles. The Balaban J connectivity index is 1.70. The molecule has 2 rings (SSSR count). The van der Waals surface area contributed by atoms with Crippen LogP contribution in [0.3, 0.4) is 0 Å². The minimum atomic E-state index is -0.423. The summed E-state index contributed by atoms with van der Waals surface area (Å²) in [7, 11) is 0. The molecule has 0 saturated heterocycles. The van der Waals surface area contributed by atoms with Gasteiger partial charge in [0.1, 0.15) is 12.4 Å². The van der Waals surface area contributed by atoms with Gasteiger partial charge in [-0.15, -0.1) is 0 Å². The lowest BCUT2D eigenvalue weighted by molar-refractivity contribution is -0.121. The molecule has 19 heavy (non-hydrogen) atoms. The maximum absolute atomic E-state index is 11.6. The van der Waals surface area contributed by atoms with E-state index in [4.69, 9.17) is 0 Å². The SMILES string of the molecule is O=C(Cn1cccnc1=O)NCCCc1ncc[nH]1. The molecule has 0 fully saturated rings. The van der Waals surface area contributed by atoms with Gasteiger partial charge in [0.05, 0.1) is 0 Å². The first-order valence-corrected chi connectivity index (χ1v) is 6.02. The van der Waals surface area contributed by atoms with E-state index in [0.717, 1.165) is 18.7 Å². The maximum Gasteiger partial charge on any atom is 0.347 e. The van der Waals surface area contributed by atoms with Crippen molar-refractivity contribution >= 4 is 5.91 Å². The number of aryl methyl sites for hydroxylation is 1. The Kier molecular flexibility index (Phi) is 4.44. The average molecular weight is 261 g/mol. The van der Waals surface area contributed by atoms with Gasteiger partial charge in [-0.3, -0.25) is 9.36 Å². The van der Waals surface area contributed by atoms with Crippen molar-refractivity contribution in [1.29, 1.82) is 0 Å². The highest BCUT2D eigenvalue weighted by Crippen LogP contribution is 1.93. The predicted octanol–water partition coefficient (Wildman–Crippen LogP) is -0.285. The van der Waals surface area contributed by atoms with E-state index in [1.165, 1.54) is 17.0 Å². The van der Waals surface area contributed by atoms with Crippen molar-refractivity contribution in [3.8, 4) is 0 Å². The third-order valence-electron chi connectivity index (χ3n) is 2.56. The van der Waals surface area contributed by atoms with Gasteiger partial charge >= 0.3 is 5.69 Å². The molecule has 0 unspecified atom stereocenters. The van der Waals surface area contributed by atoms with E-state index in [1.807, 2.05) is 0 Å². The number of nitrogens with zero attached hydrogens (tertiary/aromatic N) is 3. The van der Waals surface area contributed by atoms with Crippen LogP contribution in [0.2, 0.25) is 0 Å². The van der Waals surface area contributed by atoms with E-state index < -0.39 is 5.69 Å². The Labute approximate surface area is 109 Å². The van der Waals surface area contributed by atoms with E-state index in [9.17, 15) is 9.59 Å². The first-order valence-electron chi connectivity index (χ1n) is 6.02. The van der Waals surface area contributed by atoms with Gasteiger partial charge < -0.3 is 10.3 Å². The van der Waals surface area contributed by atoms with Crippen molar-refractivity contribution in [2.24, 2.45) is 0 Å². The van der Waals surface area contributed by atoms with E-state index in [1.54, 1.807) is 18.5 Å². The van der Waals surface area contributed by atoms with Crippen molar-refractivity contribution in [1.82, 2.24) is 24.8 Å². The fourth-order valence-electron chi connectivity index (χ4n) is 1.64. The second-order valence-corrected chi connectivity index (χ2v) is 4.02. The largest absolute Gasteiger partial charge is 0.355 e. The molecule has 0 atom stereocenters. The second-order valence-electron chi connectivity index (χ2n) is 4.02. The van der Waals surface area contributed by atoms with Crippen LogP contribution < -0.4 is 11.0 Å². The monoisotopic (exact) mass is 261 g/mol. The lowest BCUT2D eigenvalue weighted by Crippen LogP contribution is -2.33. The highest BCUT2D eigenvalue weighted by molar-refractivity contribution is 5.75. The minimum Gasteiger partial charge on any atom is -0.355 e. The smallest absolute Gasteiger partial charge is 0.347 e. The van der Waals surface area contributed by atoms with Gasteiger partial charge in [-0.05, 0) is 12.5 Å². The maximum atomic E-state index is 11.6. The van der Waals surface area contributed by atoms with E-state index >= 15 is 0 Å². The van der Waals surface area contributed by atoms with E-state index in [0.29, 0.717) is 6.54 Å². The molecule has 0 aliphatic rings. The first kappa shape index (κ1) is 13.0. The summed E-state index contributed by atoms with van der Waals surface area (Å²) in [5.41, 5.74) is -0.423. The summed E-state index contributed by atoms with van der Waals surface area (Å²) in [5.74, 6) is 0.701. The Hall–Kier alpha value is -2.44. The number of rotatable bonds is 6. The van der Waals surface area contributed by atoms with E-state index in [-0.39, 0.29) is 12.5 Å². The topological polar surface area (TPSA) is 92.7 Å². The number of aromatic amines is 1. The quantitative estimate of drug-likeness (QED) is 0.699. The number of hydrogen-bond donors (Lipinski definition) is 2. The lowest BCUT2D eigenvalue weighted by Gasteiger charge is -2.06. The summed E-state index contributed by atoms with van der Waals surface area (Å²) >= 11 is 0. The van der Waals surface area contributed by atoms with Crippen LogP contribution in [0.25, 0.3) is 0 Å². The molecule has 2 N–H and O–H groups in total. The van der Waals surface area contributed by atoms with Crippen molar-refractivity contribution in [2.75, 3.05) is 6.54 Å². The molecule has 2 aromatic heterocycles. The summed E-state index contributed by atoms with van der Waals surface area (Å²) < 4.78 is 1.27. The Bertz CT molecular complexity index is 576. The fourth-order valence-corrected chi connectivity index (χ4v) is 1.64. The van der Waals surface area contributed by atoms with Crippen molar-refractivity contribution in [3.05, 3.63) is 47.2 Å². The zero-order valence-electron chi connectivity index (χ0n) is 10.4. The molecule has 7 nitrogen and oxygen atoms in total. The number of carbonyl (C=O) groups is 1. The first-order chi connectivity index (χ1) is 9.25. The number of imidazole rings is 1. The Morgan fingerprint density at radius 2 is 2.26 bits per heavy atom. The Morgan fingerprint density at radius 3 is 3.00 bits per heavy atom. The van der Waals surface area contributed by atoms with Gasteiger partial charge in [0.25, 0.3) is 0 Å². The van der Waals surface area contributed by atoms with Crippen LogP contribution in [0.4, 0.5) is 0 Å². The number of nitrogens with one attached hydrogen (secondary N) is 2. The molecule has 1 amide bonds. The Morgan fingerprint density at radius 1 is 1.37 bits per heavy atom. The molecule has 0 saturated carbocycles. The van der Waals surface area contributed by atoms with Crippen molar-refractivity contribution < 1.29 is 4.79 Å². The number of amides is 1. The highest BCUT2D eigenvalue weighted by atomic mass is 16.2. The third kappa shape index (κ3) is 4.06. The molecule has 100 valence electrons. The van der Waals surface area contributed by atoms with Gasteiger partial charge in [-0.1, -0.05) is 0 Å². The van der Waals surface area contributed by atoms with Gasteiger partial charge in [0, 0.05) is 37.8 Å². The zero-order valence-corrected chi connectivity index (χ0v) is 10.4. The molecule has 0 bridgehead atoms. The zero-order chi connectivity index (χ0) is 13.5. The number of hydrogen-bond acceptors (Lipinski definition) is 4. The second kappa shape index (κ2) is 6.48. The van der Waals surface area contributed by atoms with Crippen LogP contribution in [0.15, 0.2) is 35.6 Å². The fraction of sp³-hybridized carbons (Fsp3) is 0.333.